The van der Waals surface area contributed by atoms with Gasteiger partial charge in [-0.1, -0.05) is 20.3 Å². The molecule has 0 radical (unpaired) electrons. The van der Waals surface area contributed by atoms with Crippen molar-refractivity contribution in [3.63, 3.8) is 0 Å². The fraction of sp³-hybridized carbons (Fsp3) is 0.286. The quantitative estimate of drug-likeness (QED) is 0.889. The zero-order chi connectivity index (χ0) is 15.1. The number of hydrogen-bond donors (Lipinski definition) is 1. The van der Waals surface area contributed by atoms with Crippen LogP contribution in [0.3, 0.4) is 0 Å². The van der Waals surface area contributed by atoms with Crippen molar-refractivity contribution in [2.24, 2.45) is 0 Å². The number of carbonyl (C=O) groups excluding carboxylic acids is 1. The summed E-state index contributed by atoms with van der Waals surface area (Å²) < 4.78 is 25.8. The average Bonchev–Trinajstić information content (AvgIpc) is 2.81. The molecule has 0 aliphatic carbocycles. The Balaban J connectivity index is 0.000000612. The molecule has 1 aromatic heterocycles. The van der Waals surface area contributed by atoms with E-state index >= 15 is 0 Å². The lowest BCUT2D eigenvalue weighted by Crippen LogP contribution is -2.04. The van der Waals surface area contributed by atoms with Crippen molar-refractivity contribution in [3.8, 4) is 11.3 Å². The number of benzene rings is 1. The largest absolute Gasteiger partial charge is 0.302 e. The number of rotatable bonds is 2. The highest BCUT2D eigenvalue weighted by Gasteiger charge is 2.08. The molecule has 0 atom stereocenters. The minimum atomic E-state index is -0.920. The zero-order valence-electron chi connectivity index (χ0n) is 11.5. The second-order valence-corrected chi connectivity index (χ2v) is 4.91. The summed E-state index contributed by atoms with van der Waals surface area (Å²) in [4.78, 5) is 14.9. The molecule has 0 fully saturated rings. The van der Waals surface area contributed by atoms with Crippen LogP contribution in [0.1, 0.15) is 27.2 Å². The first kappa shape index (κ1) is 16.2. The molecule has 0 unspecified atom stereocenters. The van der Waals surface area contributed by atoms with E-state index in [4.69, 9.17) is 0 Å². The van der Waals surface area contributed by atoms with Gasteiger partial charge in [0.05, 0.1) is 5.69 Å². The Morgan fingerprint density at radius 1 is 1.30 bits per heavy atom. The first-order valence-electron chi connectivity index (χ1n) is 6.16. The molecule has 1 heterocycles. The van der Waals surface area contributed by atoms with E-state index in [-0.39, 0.29) is 5.91 Å². The summed E-state index contributed by atoms with van der Waals surface area (Å²) in [6, 6.07) is 3.55. The van der Waals surface area contributed by atoms with Crippen LogP contribution in [0, 0.1) is 11.6 Å². The van der Waals surface area contributed by atoms with Crippen LogP contribution >= 0.6 is 11.3 Å². The molecule has 2 aromatic rings. The molecule has 0 aliphatic rings. The maximum Gasteiger partial charge on any atom is 0.223 e. The van der Waals surface area contributed by atoms with Gasteiger partial charge < -0.3 is 5.32 Å². The second kappa shape index (κ2) is 7.69. The van der Waals surface area contributed by atoms with Crippen LogP contribution in [0.4, 0.5) is 13.9 Å². The van der Waals surface area contributed by atoms with Crippen LogP contribution < -0.4 is 5.32 Å². The molecule has 20 heavy (non-hydrogen) atoms. The van der Waals surface area contributed by atoms with Gasteiger partial charge in [0, 0.05) is 17.9 Å². The van der Waals surface area contributed by atoms with Crippen molar-refractivity contribution in [2.45, 2.75) is 27.2 Å². The Kier molecular flexibility index (Phi) is 6.24. The van der Waals surface area contributed by atoms with Crippen LogP contribution in [0.5, 0.6) is 0 Å². The predicted molar refractivity (Wildman–Crippen MR) is 77.7 cm³/mol. The molecule has 0 spiro atoms. The number of hydrogen-bond acceptors (Lipinski definition) is 3. The summed E-state index contributed by atoms with van der Waals surface area (Å²) in [5, 5.41) is 4.61. The molecule has 0 saturated carbocycles. The molecule has 0 aliphatic heterocycles. The van der Waals surface area contributed by atoms with Gasteiger partial charge in [0.25, 0.3) is 0 Å². The summed E-state index contributed by atoms with van der Waals surface area (Å²) in [6.45, 7) is 5.62. The van der Waals surface area contributed by atoms with Crippen molar-refractivity contribution >= 4 is 22.4 Å². The Labute approximate surface area is 120 Å². The monoisotopic (exact) mass is 298 g/mol. The SMILES string of the molecule is CC(=O)Nc1nc(-c2ccc(F)c(F)c2)cs1.CCC. The van der Waals surface area contributed by atoms with E-state index in [1.165, 1.54) is 30.7 Å². The highest BCUT2D eigenvalue weighted by atomic mass is 32.1. The van der Waals surface area contributed by atoms with E-state index in [9.17, 15) is 13.6 Å². The lowest BCUT2D eigenvalue weighted by Gasteiger charge is -1.98. The molecule has 3 nitrogen and oxygen atoms in total. The van der Waals surface area contributed by atoms with Crippen LogP contribution in [0.2, 0.25) is 0 Å². The van der Waals surface area contributed by atoms with Crippen LogP contribution in [-0.4, -0.2) is 10.9 Å². The van der Waals surface area contributed by atoms with Crippen molar-refractivity contribution in [1.29, 1.82) is 0 Å². The summed E-state index contributed by atoms with van der Waals surface area (Å²) in [5.41, 5.74) is 0.967. The first-order valence-corrected chi connectivity index (χ1v) is 7.04. The lowest BCUT2D eigenvalue weighted by molar-refractivity contribution is -0.114. The number of aromatic nitrogens is 1. The third kappa shape index (κ3) is 4.70. The van der Waals surface area contributed by atoms with Gasteiger partial charge in [-0.25, -0.2) is 13.8 Å². The van der Waals surface area contributed by atoms with Gasteiger partial charge in [0.2, 0.25) is 5.91 Å². The number of nitrogens with one attached hydrogen (secondary N) is 1. The molecule has 1 N–H and O–H groups in total. The third-order valence-electron chi connectivity index (χ3n) is 2.00. The Morgan fingerprint density at radius 2 is 1.95 bits per heavy atom. The fourth-order valence-corrected chi connectivity index (χ4v) is 2.04. The minimum Gasteiger partial charge on any atom is -0.302 e. The first-order chi connectivity index (χ1) is 9.47. The maximum absolute atomic E-state index is 13.0. The lowest BCUT2D eigenvalue weighted by atomic mass is 10.2. The van der Waals surface area contributed by atoms with Gasteiger partial charge in [0.15, 0.2) is 16.8 Å². The summed E-state index contributed by atoms with van der Waals surface area (Å²) in [6.07, 6.45) is 1.25. The van der Waals surface area contributed by atoms with E-state index in [1.807, 2.05) is 0 Å². The van der Waals surface area contributed by atoms with E-state index < -0.39 is 11.6 Å². The van der Waals surface area contributed by atoms with Crippen molar-refractivity contribution in [2.75, 3.05) is 5.32 Å². The molecular formula is C14H16F2N2OS. The molecule has 6 heteroatoms. The number of anilines is 1. The summed E-state index contributed by atoms with van der Waals surface area (Å²) in [5.74, 6) is -2.04. The van der Waals surface area contributed by atoms with Crippen LogP contribution in [-0.2, 0) is 4.79 Å². The van der Waals surface area contributed by atoms with Gasteiger partial charge in [-0.3, -0.25) is 4.79 Å². The minimum absolute atomic E-state index is 0.226. The zero-order valence-corrected chi connectivity index (χ0v) is 12.4. The van der Waals surface area contributed by atoms with Gasteiger partial charge >= 0.3 is 0 Å². The van der Waals surface area contributed by atoms with Crippen molar-refractivity contribution in [1.82, 2.24) is 4.98 Å². The van der Waals surface area contributed by atoms with Gasteiger partial charge in [0.1, 0.15) is 0 Å². The van der Waals surface area contributed by atoms with E-state index in [0.717, 1.165) is 12.1 Å². The standard InChI is InChI=1S/C11H8F2N2OS.C3H8/c1-6(16)14-11-15-10(5-17-11)7-2-3-8(12)9(13)4-7;1-3-2/h2-5H,1H3,(H,14,15,16);3H2,1-2H3. The van der Waals surface area contributed by atoms with E-state index in [0.29, 0.717) is 16.4 Å². The van der Waals surface area contributed by atoms with Gasteiger partial charge in [-0.15, -0.1) is 11.3 Å². The number of halogens is 2. The van der Waals surface area contributed by atoms with E-state index in [1.54, 1.807) is 5.38 Å². The smallest absolute Gasteiger partial charge is 0.223 e. The molecule has 0 saturated heterocycles. The topological polar surface area (TPSA) is 42.0 Å². The predicted octanol–water partition coefficient (Wildman–Crippen LogP) is 4.46. The van der Waals surface area contributed by atoms with Crippen molar-refractivity contribution < 1.29 is 13.6 Å². The van der Waals surface area contributed by atoms with Gasteiger partial charge in [-0.2, -0.15) is 0 Å². The average molecular weight is 298 g/mol. The van der Waals surface area contributed by atoms with Crippen LogP contribution in [0.25, 0.3) is 11.3 Å². The number of amides is 1. The molecule has 108 valence electrons. The molecule has 2 rings (SSSR count). The summed E-state index contributed by atoms with van der Waals surface area (Å²) in [7, 11) is 0. The number of carbonyl (C=O) groups is 1. The van der Waals surface area contributed by atoms with Crippen molar-refractivity contribution in [3.05, 3.63) is 35.2 Å². The Bertz CT molecular complexity index is 584. The molecule has 1 amide bonds. The molecule has 0 bridgehead atoms. The fourth-order valence-electron chi connectivity index (χ4n) is 1.27. The van der Waals surface area contributed by atoms with E-state index in [2.05, 4.69) is 24.1 Å². The number of thiazole rings is 1. The highest BCUT2D eigenvalue weighted by Crippen LogP contribution is 2.25. The molecular weight excluding hydrogens is 282 g/mol. The number of nitrogens with zero attached hydrogens (tertiary/aromatic N) is 1. The Morgan fingerprint density at radius 3 is 2.50 bits per heavy atom. The Hall–Kier alpha value is -1.82. The molecule has 1 aromatic carbocycles. The second-order valence-electron chi connectivity index (χ2n) is 4.06. The van der Waals surface area contributed by atoms with Crippen LogP contribution in [0.15, 0.2) is 23.6 Å². The third-order valence-corrected chi connectivity index (χ3v) is 2.76. The summed E-state index contributed by atoms with van der Waals surface area (Å²) >= 11 is 1.22. The normalized spacial score (nSPS) is 9.65. The highest BCUT2D eigenvalue weighted by molar-refractivity contribution is 7.14. The van der Waals surface area contributed by atoms with Gasteiger partial charge in [-0.05, 0) is 18.2 Å². The maximum atomic E-state index is 13.0.